The van der Waals surface area contributed by atoms with Gasteiger partial charge in [0.1, 0.15) is 5.82 Å². The Balaban J connectivity index is 2.43. The SMILES string of the molecule is CCCCCNC(=O)CN(CC)c1ccc(F)cc1. The minimum absolute atomic E-state index is 0.0160. The second-order valence-electron chi connectivity index (χ2n) is 4.55. The maximum atomic E-state index is 12.9. The minimum Gasteiger partial charge on any atom is -0.362 e. The highest BCUT2D eigenvalue weighted by Crippen LogP contribution is 2.14. The average Bonchev–Trinajstić information content (AvgIpc) is 2.42. The first kappa shape index (κ1) is 15.5. The van der Waals surface area contributed by atoms with Crippen molar-refractivity contribution in [3.63, 3.8) is 0 Å². The molecule has 0 radical (unpaired) electrons. The van der Waals surface area contributed by atoms with Crippen LogP contribution in [-0.4, -0.2) is 25.5 Å². The molecule has 0 atom stereocenters. The van der Waals surface area contributed by atoms with Gasteiger partial charge in [-0.3, -0.25) is 4.79 Å². The van der Waals surface area contributed by atoms with Gasteiger partial charge >= 0.3 is 0 Å². The van der Waals surface area contributed by atoms with Gasteiger partial charge in [0.2, 0.25) is 5.91 Å². The molecule has 0 saturated carbocycles. The molecule has 1 aromatic carbocycles. The Morgan fingerprint density at radius 2 is 1.89 bits per heavy atom. The second kappa shape index (κ2) is 8.51. The molecule has 0 saturated heterocycles. The maximum Gasteiger partial charge on any atom is 0.239 e. The zero-order valence-electron chi connectivity index (χ0n) is 11.8. The van der Waals surface area contributed by atoms with Gasteiger partial charge in [0.05, 0.1) is 6.54 Å². The quantitative estimate of drug-likeness (QED) is 0.734. The summed E-state index contributed by atoms with van der Waals surface area (Å²) in [7, 11) is 0. The molecule has 1 amide bonds. The summed E-state index contributed by atoms with van der Waals surface area (Å²) in [5.74, 6) is -0.244. The van der Waals surface area contributed by atoms with Crippen molar-refractivity contribution in [2.75, 3.05) is 24.5 Å². The standard InChI is InChI=1S/C15H23FN2O/c1-3-5-6-11-17-15(19)12-18(4-2)14-9-7-13(16)8-10-14/h7-10H,3-6,11-12H2,1-2H3,(H,17,19). The van der Waals surface area contributed by atoms with Gasteiger partial charge in [0, 0.05) is 18.8 Å². The van der Waals surface area contributed by atoms with E-state index in [-0.39, 0.29) is 11.7 Å². The number of benzene rings is 1. The summed E-state index contributed by atoms with van der Waals surface area (Å²) in [6.45, 7) is 5.87. The Hall–Kier alpha value is -1.58. The van der Waals surface area contributed by atoms with Crippen LogP contribution in [0.1, 0.15) is 33.1 Å². The van der Waals surface area contributed by atoms with Gasteiger partial charge < -0.3 is 10.2 Å². The molecule has 0 unspecified atom stereocenters. The van der Waals surface area contributed by atoms with Crippen molar-refractivity contribution < 1.29 is 9.18 Å². The number of halogens is 1. The zero-order chi connectivity index (χ0) is 14.1. The topological polar surface area (TPSA) is 32.3 Å². The molecule has 0 aliphatic rings. The monoisotopic (exact) mass is 266 g/mol. The fourth-order valence-electron chi connectivity index (χ4n) is 1.87. The van der Waals surface area contributed by atoms with E-state index in [1.807, 2.05) is 11.8 Å². The van der Waals surface area contributed by atoms with E-state index in [0.717, 1.165) is 31.5 Å². The normalized spacial score (nSPS) is 10.3. The van der Waals surface area contributed by atoms with Crippen molar-refractivity contribution in [3.05, 3.63) is 30.1 Å². The van der Waals surface area contributed by atoms with Gasteiger partial charge in [-0.05, 0) is 37.6 Å². The largest absolute Gasteiger partial charge is 0.362 e. The van der Waals surface area contributed by atoms with Gasteiger partial charge in [-0.25, -0.2) is 4.39 Å². The van der Waals surface area contributed by atoms with Gasteiger partial charge in [0.25, 0.3) is 0 Å². The molecule has 19 heavy (non-hydrogen) atoms. The van der Waals surface area contributed by atoms with E-state index in [0.29, 0.717) is 13.1 Å². The number of amides is 1. The van der Waals surface area contributed by atoms with E-state index in [1.54, 1.807) is 12.1 Å². The highest BCUT2D eigenvalue weighted by Gasteiger charge is 2.09. The average molecular weight is 266 g/mol. The summed E-state index contributed by atoms with van der Waals surface area (Å²) < 4.78 is 12.9. The molecule has 1 N–H and O–H groups in total. The number of carbonyl (C=O) groups is 1. The molecular weight excluding hydrogens is 243 g/mol. The predicted octanol–water partition coefficient (Wildman–Crippen LogP) is 2.96. The Kier molecular flexibility index (Phi) is 6.93. The maximum absolute atomic E-state index is 12.9. The predicted molar refractivity (Wildman–Crippen MR) is 76.8 cm³/mol. The van der Waals surface area contributed by atoms with E-state index in [4.69, 9.17) is 0 Å². The van der Waals surface area contributed by atoms with Crippen LogP contribution >= 0.6 is 0 Å². The number of nitrogens with zero attached hydrogens (tertiary/aromatic N) is 1. The van der Waals surface area contributed by atoms with Crippen molar-refractivity contribution in [1.82, 2.24) is 5.32 Å². The fourth-order valence-corrected chi connectivity index (χ4v) is 1.87. The van der Waals surface area contributed by atoms with Gasteiger partial charge in [0.15, 0.2) is 0 Å². The van der Waals surface area contributed by atoms with Crippen molar-refractivity contribution in [3.8, 4) is 0 Å². The Bertz CT molecular complexity index is 378. The molecule has 0 fully saturated rings. The van der Waals surface area contributed by atoms with Gasteiger partial charge in [-0.15, -0.1) is 0 Å². The molecule has 3 nitrogen and oxygen atoms in total. The lowest BCUT2D eigenvalue weighted by molar-refractivity contribution is -0.119. The number of carbonyl (C=O) groups excluding carboxylic acids is 1. The molecule has 0 aromatic heterocycles. The van der Waals surface area contributed by atoms with E-state index >= 15 is 0 Å². The number of anilines is 1. The van der Waals surface area contributed by atoms with Crippen LogP contribution < -0.4 is 10.2 Å². The van der Waals surface area contributed by atoms with Crippen molar-refractivity contribution in [2.45, 2.75) is 33.1 Å². The number of nitrogens with one attached hydrogen (secondary N) is 1. The lowest BCUT2D eigenvalue weighted by Crippen LogP contribution is -2.37. The van der Waals surface area contributed by atoms with E-state index in [2.05, 4.69) is 12.2 Å². The first-order chi connectivity index (χ1) is 9.17. The summed E-state index contributed by atoms with van der Waals surface area (Å²) in [5, 5.41) is 2.91. The molecule has 0 spiro atoms. The molecule has 1 rings (SSSR count). The second-order valence-corrected chi connectivity index (χ2v) is 4.55. The van der Waals surface area contributed by atoms with Crippen LogP contribution in [0, 0.1) is 5.82 Å². The molecular formula is C15H23FN2O. The Morgan fingerprint density at radius 1 is 1.21 bits per heavy atom. The zero-order valence-corrected chi connectivity index (χ0v) is 11.8. The summed E-state index contributed by atoms with van der Waals surface area (Å²) in [5.41, 5.74) is 0.868. The molecule has 106 valence electrons. The van der Waals surface area contributed by atoms with Gasteiger partial charge in [-0.1, -0.05) is 19.8 Å². The highest BCUT2D eigenvalue weighted by atomic mass is 19.1. The number of rotatable bonds is 8. The Labute approximate surface area is 114 Å². The number of hydrogen-bond donors (Lipinski definition) is 1. The van der Waals surface area contributed by atoms with Crippen LogP contribution in [-0.2, 0) is 4.79 Å². The summed E-state index contributed by atoms with van der Waals surface area (Å²) >= 11 is 0. The molecule has 0 heterocycles. The van der Waals surface area contributed by atoms with Crippen LogP contribution in [0.5, 0.6) is 0 Å². The summed E-state index contributed by atoms with van der Waals surface area (Å²) in [6, 6.07) is 6.22. The number of unbranched alkanes of at least 4 members (excludes halogenated alkanes) is 2. The lowest BCUT2D eigenvalue weighted by Gasteiger charge is -2.22. The molecule has 0 bridgehead atoms. The minimum atomic E-state index is -0.260. The summed E-state index contributed by atoms with van der Waals surface area (Å²) in [4.78, 5) is 13.7. The molecule has 4 heteroatoms. The van der Waals surface area contributed by atoms with Gasteiger partial charge in [-0.2, -0.15) is 0 Å². The third kappa shape index (κ3) is 5.73. The number of likely N-dealkylation sites (N-methyl/N-ethyl adjacent to an activating group) is 1. The third-order valence-electron chi connectivity index (χ3n) is 3.01. The Morgan fingerprint density at radius 3 is 2.47 bits per heavy atom. The van der Waals surface area contributed by atoms with Crippen molar-refractivity contribution in [1.29, 1.82) is 0 Å². The number of hydrogen-bond acceptors (Lipinski definition) is 2. The van der Waals surface area contributed by atoms with Crippen LogP contribution in [0.15, 0.2) is 24.3 Å². The van der Waals surface area contributed by atoms with Crippen LogP contribution in [0.2, 0.25) is 0 Å². The molecule has 0 aliphatic heterocycles. The van der Waals surface area contributed by atoms with Crippen LogP contribution in [0.25, 0.3) is 0 Å². The van der Waals surface area contributed by atoms with E-state index in [9.17, 15) is 9.18 Å². The first-order valence-corrected chi connectivity index (χ1v) is 6.94. The molecule has 1 aromatic rings. The van der Waals surface area contributed by atoms with Crippen LogP contribution in [0.3, 0.4) is 0 Å². The van der Waals surface area contributed by atoms with E-state index in [1.165, 1.54) is 12.1 Å². The first-order valence-electron chi connectivity index (χ1n) is 6.94. The van der Waals surface area contributed by atoms with E-state index < -0.39 is 0 Å². The summed E-state index contributed by atoms with van der Waals surface area (Å²) in [6.07, 6.45) is 3.30. The third-order valence-corrected chi connectivity index (χ3v) is 3.01. The van der Waals surface area contributed by atoms with Crippen molar-refractivity contribution >= 4 is 11.6 Å². The highest BCUT2D eigenvalue weighted by molar-refractivity contribution is 5.81. The van der Waals surface area contributed by atoms with Crippen molar-refractivity contribution in [2.24, 2.45) is 0 Å². The lowest BCUT2D eigenvalue weighted by atomic mass is 10.2. The molecule has 0 aliphatic carbocycles. The fraction of sp³-hybridized carbons (Fsp3) is 0.533. The van der Waals surface area contributed by atoms with Crippen LogP contribution in [0.4, 0.5) is 10.1 Å². The smallest absolute Gasteiger partial charge is 0.239 e.